The van der Waals surface area contributed by atoms with Crippen molar-refractivity contribution in [1.82, 2.24) is 16.0 Å². The van der Waals surface area contributed by atoms with E-state index in [4.69, 9.17) is 4.42 Å². The van der Waals surface area contributed by atoms with Crippen molar-refractivity contribution in [3.63, 3.8) is 0 Å². The molecule has 31 heavy (non-hydrogen) atoms. The van der Waals surface area contributed by atoms with E-state index in [1.54, 1.807) is 19.2 Å². The first-order valence-electron chi connectivity index (χ1n) is 10.1. The zero-order valence-corrected chi connectivity index (χ0v) is 19.9. The Morgan fingerprint density at radius 1 is 0.839 bits per heavy atom. The van der Waals surface area contributed by atoms with Gasteiger partial charge in [-0.3, -0.25) is 9.79 Å². The zero-order chi connectivity index (χ0) is 21.0. The molecule has 7 heteroatoms. The molecular weight excluding hydrogens is 503 g/mol. The Kier molecular flexibility index (Phi) is 10.6. The lowest BCUT2D eigenvalue weighted by molar-refractivity contribution is 0.0926. The molecule has 1 aromatic heterocycles. The molecule has 164 valence electrons. The molecule has 0 fully saturated rings. The van der Waals surface area contributed by atoms with Crippen LogP contribution in [-0.2, 0) is 0 Å². The van der Waals surface area contributed by atoms with Crippen LogP contribution in [-0.4, -0.2) is 38.5 Å². The van der Waals surface area contributed by atoms with E-state index in [0.717, 1.165) is 13.0 Å². The molecule has 3 rings (SSSR count). The molecule has 0 atom stereocenters. The molecule has 0 saturated carbocycles. The SMILES string of the molecule is CN=C(NCCNC(=O)c1ccco1)NCCC(c1ccccc1)c1ccccc1.I. The van der Waals surface area contributed by atoms with Crippen molar-refractivity contribution in [3.05, 3.63) is 95.9 Å². The van der Waals surface area contributed by atoms with Crippen LogP contribution in [0.3, 0.4) is 0 Å². The van der Waals surface area contributed by atoms with Gasteiger partial charge in [-0.1, -0.05) is 60.7 Å². The standard InChI is InChI=1S/C24H28N4O2.HI/c1-25-24(28-17-16-26-23(29)22-13-8-18-30-22)27-15-14-21(19-9-4-2-5-10-19)20-11-6-3-7-12-20;/h2-13,18,21H,14-17H2,1H3,(H,26,29)(H2,25,27,28);1H. The van der Waals surface area contributed by atoms with Gasteiger partial charge in [-0.05, 0) is 29.7 Å². The number of halogens is 1. The summed E-state index contributed by atoms with van der Waals surface area (Å²) in [6, 6.07) is 24.4. The van der Waals surface area contributed by atoms with Crippen molar-refractivity contribution in [3.8, 4) is 0 Å². The summed E-state index contributed by atoms with van der Waals surface area (Å²) in [5.41, 5.74) is 2.60. The number of carbonyl (C=O) groups is 1. The van der Waals surface area contributed by atoms with Crippen LogP contribution >= 0.6 is 24.0 Å². The number of nitrogens with zero attached hydrogens (tertiary/aromatic N) is 1. The van der Waals surface area contributed by atoms with Gasteiger partial charge < -0.3 is 20.4 Å². The molecule has 0 bridgehead atoms. The number of amides is 1. The van der Waals surface area contributed by atoms with E-state index in [1.807, 2.05) is 12.1 Å². The number of hydrogen-bond donors (Lipinski definition) is 3. The Morgan fingerprint density at radius 2 is 1.42 bits per heavy atom. The second kappa shape index (κ2) is 13.5. The summed E-state index contributed by atoms with van der Waals surface area (Å²) in [6.07, 6.45) is 2.42. The highest BCUT2D eigenvalue weighted by molar-refractivity contribution is 14.0. The van der Waals surface area contributed by atoms with Gasteiger partial charge >= 0.3 is 0 Å². The predicted molar refractivity (Wildman–Crippen MR) is 135 cm³/mol. The zero-order valence-electron chi connectivity index (χ0n) is 17.6. The average Bonchev–Trinajstić information content (AvgIpc) is 3.34. The highest BCUT2D eigenvalue weighted by Gasteiger charge is 2.14. The van der Waals surface area contributed by atoms with Crippen molar-refractivity contribution in [2.24, 2.45) is 4.99 Å². The molecule has 0 aliphatic heterocycles. The fourth-order valence-corrected chi connectivity index (χ4v) is 3.30. The number of nitrogens with one attached hydrogen (secondary N) is 3. The van der Waals surface area contributed by atoms with E-state index in [0.29, 0.717) is 30.7 Å². The summed E-state index contributed by atoms with van der Waals surface area (Å²) >= 11 is 0. The average molecular weight is 532 g/mol. The molecule has 1 amide bonds. The molecule has 0 radical (unpaired) electrons. The highest BCUT2D eigenvalue weighted by atomic mass is 127. The van der Waals surface area contributed by atoms with E-state index in [-0.39, 0.29) is 29.9 Å². The Hall–Kier alpha value is -2.81. The number of hydrogen-bond acceptors (Lipinski definition) is 3. The van der Waals surface area contributed by atoms with Crippen LogP contribution in [0.5, 0.6) is 0 Å². The topological polar surface area (TPSA) is 78.7 Å². The molecule has 0 aliphatic carbocycles. The van der Waals surface area contributed by atoms with Gasteiger partial charge in [-0.15, -0.1) is 24.0 Å². The maximum atomic E-state index is 11.9. The first kappa shape index (κ1) is 24.5. The molecule has 0 spiro atoms. The van der Waals surface area contributed by atoms with Crippen LogP contribution < -0.4 is 16.0 Å². The number of aliphatic imine (C=N–C) groups is 1. The summed E-state index contributed by atoms with van der Waals surface area (Å²) in [5.74, 6) is 1.11. The maximum Gasteiger partial charge on any atom is 0.287 e. The van der Waals surface area contributed by atoms with Crippen molar-refractivity contribution in [2.45, 2.75) is 12.3 Å². The van der Waals surface area contributed by atoms with Gasteiger partial charge in [0.1, 0.15) is 0 Å². The van der Waals surface area contributed by atoms with Crippen LogP contribution in [0.15, 0.2) is 88.5 Å². The minimum atomic E-state index is -0.224. The quantitative estimate of drug-likeness (QED) is 0.169. The molecule has 1 heterocycles. The molecular formula is C24H29IN4O2. The number of benzene rings is 2. The fourth-order valence-electron chi connectivity index (χ4n) is 3.30. The van der Waals surface area contributed by atoms with E-state index < -0.39 is 0 Å². The molecule has 3 aromatic rings. The third-order valence-corrected chi connectivity index (χ3v) is 4.80. The Balaban J connectivity index is 0.00000341. The smallest absolute Gasteiger partial charge is 0.287 e. The second-order valence-electron chi connectivity index (χ2n) is 6.82. The largest absolute Gasteiger partial charge is 0.459 e. The van der Waals surface area contributed by atoms with Crippen LogP contribution in [0, 0.1) is 0 Å². The Labute approximate surface area is 200 Å². The Morgan fingerprint density at radius 3 is 1.97 bits per heavy atom. The van der Waals surface area contributed by atoms with Crippen LogP contribution in [0.2, 0.25) is 0 Å². The van der Waals surface area contributed by atoms with Crippen molar-refractivity contribution in [1.29, 1.82) is 0 Å². The van der Waals surface area contributed by atoms with Crippen LogP contribution in [0.1, 0.15) is 34.0 Å². The lowest BCUT2D eigenvalue weighted by atomic mass is 9.88. The van der Waals surface area contributed by atoms with Gasteiger partial charge in [-0.25, -0.2) is 0 Å². The minimum absolute atomic E-state index is 0. The molecule has 6 nitrogen and oxygen atoms in total. The van der Waals surface area contributed by atoms with Gasteiger partial charge in [0, 0.05) is 32.6 Å². The summed E-state index contributed by atoms with van der Waals surface area (Å²) in [4.78, 5) is 16.1. The van der Waals surface area contributed by atoms with Crippen molar-refractivity contribution in [2.75, 3.05) is 26.7 Å². The highest BCUT2D eigenvalue weighted by Crippen LogP contribution is 2.27. The molecule has 0 saturated heterocycles. The van der Waals surface area contributed by atoms with E-state index >= 15 is 0 Å². The first-order valence-corrected chi connectivity index (χ1v) is 10.1. The van der Waals surface area contributed by atoms with Crippen molar-refractivity contribution < 1.29 is 9.21 Å². The van der Waals surface area contributed by atoms with Gasteiger partial charge in [0.25, 0.3) is 5.91 Å². The Bertz CT molecular complexity index is 876. The lowest BCUT2D eigenvalue weighted by Gasteiger charge is -2.19. The monoisotopic (exact) mass is 532 g/mol. The van der Waals surface area contributed by atoms with Gasteiger partial charge in [-0.2, -0.15) is 0 Å². The number of carbonyl (C=O) groups excluding carboxylic acids is 1. The minimum Gasteiger partial charge on any atom is -0.459 e. The number of rotatable bonds is 9. The van der Waals surface area contributed by atoms with Crippen LogP contribution in [0.4, 0.5) is 0 Å². The molecule has 3 N–H and O–H groups in total. The van der Waals surface area contributed by atoms with Gasteiger partial charge in [0.2, 0.25) is 0 Å². The van der Waals surface area contributed by atoms with E-state index in [2.05, 4.69) is 69.5 Å². The summed E-state index contributed by atoms with van der Waals surface area (Å²) in [5, 5.41) is 9.38. The number of furan rings is 1. The normalized spacial score (nSPS) is 11.0. The van der Waals surface area contributed by atoms with Gasteiger partial charge in [0.05, 0.1) is 6.26 Å². The first-order chi connectivity index (χ1) is 14.8. The number of guanidine groups is 1. The summed E-state index contributed by atoms with van der Waals surface area (Å²) < 4.78 is 5.07. The van der Waals surface area contributed by atoms with Gasteiger partial charge in [0.15, 0.2) is 11.7 Å². The summed E-state index contributed by atoms with van der Waals surface area (Å²) in [6.45, 7) is 1.80. The summed E-state index contributed by atoms with van der Waals surface area (Å²) in [7, 11) is 1.74. The third kappa shape index (κ3) is 7.75. The third-order valence-electron chi connectivity index (χ3n) is 4.80. The van der Waals surface area contributed by atoms with E-state index in [1.165, 1.54) is 17.4 Å². The maximum absolute atomic E-state index is 11.9. The van der Waals surface area contributed by atoms with Crippen molar-refractivity contribution >= 4 is 35.8 Å². The lowest BCUT2D eigenvalue weighted by Crippen LogP contribution is -2.42. The molecule has 0 aliphatic rings. The fraction of sp³-hybridized carbons (Fsp3) is 0.250. The second-order valence-corrected chi connectivity index (χ2v) is 6.82. The molecule has 2 aromatic carbocycles. The van der Waals surface area contributed by atoms with Crippen LogP contribution in [0.25, 0.3) is 0 Å². The van der Waals surface area contributed by atoms with E-state index in [9.17, 15) is 4.79 Å². The molecule has 0 unspecified atom stereocenters. The predicted octanol–water partition coefficient (Wildman–Crippen LogP) is 4.01.